The fourth-order valence-corrected chi connectivity index (χ4v) is 2.72. The Balaban J connectivity index is 2.05. The van der Waals surface area contributed by atoms with E-state index in [9.17, 15) is 13.2 Å². The first-order valence-corrected chi connectivity index (χ1v) is 8.61. The minimum atomic E-state index is -2.78. The molecule has 0 spiro atoms. The van der Waals surface area contributed by atoms with Gasteiger partial charge in [-0.05, 0) is 30.8 Å². The normalized spacial score (nSPS) is 12.5. The average Bonchev–Trinajstić information content (AvgIpc) is 3.11. The Kier molecular flexibility index (Phi) is 5.97. The van der Waals surface area contributed by atoms with Gasteiger partial charge in [0.05, 0.1) is 11.4 Å². The van der Waals surface area contributed by atoms with E-state index in [1.807, 2.05) is 6.92 Å². The van der Waals surface area contributed by atoms with Crippen molar-refractivity contribution in [1.29, 1.82) is 0 Å². The molecule has 0 aromatic carbocycles. The van der Waals surface area contributed by atoms with E-state index < -0.39 is 18.1 Å². The SMILES string of the molecule is CCCc1c(CC(C=CN)=Nc2ncccc2F)ncn2nc(C(F)F)nc12. The molecule has 3 heterocycles. The van der Waals surface area contributed by atoms with Crippen LogP contribution in [0.1, 0.15) is 36.9 Å². The van der Waals surface area contributed by atoms with Crippen molar-refractivity contribution in [2.75, 3.05) is 0 Å². The van der Waals surface area contributed by atoms with Crippen molar-refractivity contribution in [2.24, 2.45) is 10.7 Å². The molecule has 3 rings (SSSR count). The maximum Gasteiger partial charge on any atom is 0.299 e. The average molecular weight is 389 g/mol. The molecule has 2 N–H and O–H groups in total. The van der Waals surface area contributed by atoms with Gasteiger partial charge in [0.1, 0.15) is 6.33 Å². The van der Waals surface area contributed by atoms with Crippen LogP contribution in [0.15, 0.2) is 41.9 Å². The van der Waals surface area contributed by atoms with Crippen LogP contribution in [0.25, 0.3) is 5.65 Å². The number of halogens is 3. The Hall–Kier alpha value is -3.30. The van der Waals surface area contributed by atoms with E-state index >= 15 is 0 Å². The number of fused-ring (bicyclic) bond motifs is 1. The van der Waals surface area contributed by atoms with Crippen LogP contribution < -0.4 is 5.73 Å². The summed E-state index contributed by atoms with van der Waals surface area (Å²) in [5.74, 6) is -1.19. The fraction of sp³-hybridized carbons (Fsp3) is 0.278. The summed E-state index contributed by atoms with van der Waals surface area (Å²) in [5.41, 5.74) is 7.50. The van der Waals surface area contributed by atoms with Crippen LogP contribution in [0.5, 0.6) is 0 Å². The van der Waals surface area contributed by atoms with Crippen LogP contribution in [0.4, 0.5) is 19.0 Å². The second kappa shape index (κ2) is 8.59. The van der Waals surface area contributed by atoms with Gasteiger partial charge in [-0.2, -0.15) is 0 Å². The first kappa shape index (κ1) is 19.5. The van der Waals surface area contributed by atoms with Crippen molar-refractivity contribution in [3.63, 3.8) is 0 Å². The van der Waals surface area contributed by atoms with Gasteiger partial charge in [-0.3, -0.25) is 0 Å². The topological polar surface area (TPSA) is 94.3 Å². The largest absolute Gasteiger partial charge is 0.405 e. The van der Waals surface area contributed by atoms with Crippen LogP contribution in [0.2, 0.25) is 0 Å². The molecule has 0 amide bonds. The van der Waals surface area contributed by atoms with Gasteiger partial charge in [-0.15, -0.1) is 5.10 Å². The second-order valence-electron chi connectivity index (χ2n) is 5.91. The summed E-state index contributed by atoms with van der Waals surface area (Å²) in [6.45, 7) is 1.95. The van der Waals surface area contributed by atoms with Crippen LogP contribution in [-0.2, 0) is 12.8 Å². The third-order valence-corrected chi connectivity index (χ3v) is 3.91. The van der Waals surface area contributed by atoms with Crippen LogP contribution >= 0.6 is 0 Å². The molecule has 7 nitrogen and oxygen atoms in total. The molecule has 0 saturated carbocycles. The van der Waals surface area contributed by atoms with E-state index in [0.29, 0.717) is 29.0 Å². The number of aliphatic imine (C=N–C) groups is 1. The monoisotopic (exact) mass is 389 g/mol. The molecule has 0 aliphatic carbocycles. The van der Waals surface area contributed by atoms with E-state index in [1.165, 1.54) is 41.4 Å². The molecular formula is C18H18F3N7. The quantitative estimate of drug-likeness (QED) is 0.626. The Morgan fingerprint density at radius 1 is 1.36 bits per heavy atom. The molecule has 0 unspecified atom stereocenters. The number of aromatic nitrogens is 5. The summed E-state index contributed by atoms with van der Waals surface area (Å²) in [6, 6.07) is 2.72. The van der Waals surface area contributed by atoms with E-state index in [2.05, 4.69) is 25.0 Å². The molecule has 0 atom stereocenters. The van der Waals surface area contributed by atoms with Gasteiger partial charge in [-0.1, -0.05) is 13.3 Å². The van der Waals surface area contributed by atoms with Gasteiger partial charge >= 0.3 is 0 Å². The molecule has 3 aromatic rings. The Morgan fingerprint density at radius 3 is 2.86 bits per heavy atom. The summed E-state index contributed by atoms with van der Waals surface area (Å²) in [4.78, 5) is 16.4. The first-order chi connectivity index (χ1) is 13.5. The predicted octanol–water partition coefficient (Wildman–Crippen LogP) is 3.34. The molecule has 0 bridgehead atoms. The highest BCUT2D eigenvalue weighted by atomic mass is 19.3. The van der Waals surface area contributed by atoms with Crippen LogP contribution in [0, 0.1) is 5.82 Å². The van der Waals surface area contributed by atoms with Gasteiger partial charge in [-0.25, -0.2) is 37.6 Å². The molecule has 0 saturated heterocycles. The zero-order valence-electron chi connectivity index (χ0n) is 15.1. The Morgan fingerprint density at radius 2 is 2.18 bits per heavy atom. The van der Waals surface area contributed by atoms with Crippen molar-refractivity contribution < 1.29 is 13.2 Å². The van der Waals surface area contributed by atoms with Gasteiger partial charge in [0.15, 0.2) is 17.3 Å². The molecule has 0 aliphatic heterocycles. The molecule has 146 valence electrons. The second-order valence-corrected chi connectivity index (χ2v) is 5.91. The number of rotatable bonds is 7. The van der Waals surface area contributed by atoms with Crippen molar-refractivity contribution in [3.8, 4) is 0 Å². The van der Waals surface area contributed by atoms with E-state index in [-0.39, 0.29) is 12.2 Å². The molecule has 0 radical (unpaired) electrons. The zero-order valence-corrected chi connectivity index (χ0v) is 15.1. The Bertz CT molecular complexity index is 1030. The minimum Gasteiger partial charge on any atom is -0.405 e. The van der Waals surface area contributed by atoms with Gasteiger partial charge in [0.25, 0.3) is 6.43 Å². The lowest BCUT2D eigenvalue weighted by molar-refractivity contribution is 0.140. The standard InChI is InChI=1S/C18H18F3N7/c1-2-4-12-14(24-10-28-18(12)26-17(27-28)15(20)21)9-11(6-7-22)25-16-13(19)5-3-8-23-16/h3,5-8,10,15H,2,4,9,22H2,1H3. The number of alkyl halides is 2. The number of pyridine rings is 1. The summed E-state index contributed by atoms with van der Waals surface area (Å²) >= 11 is 0. The number of allylic oxidation sites excluding steroid dienone is 1. The third kappa shape index (κ3) is 4.16. The minimum absolute atomic E-state index is 0.0730. The molecule has 3 aromatic heterocycles. The number of nitrogens with two attached hydrogens (primary N) is 1. The molecule has 0 fully saturated rings. The number of hydrogen-bond acceptors (Lipinski definition) is 6. The van der Waals surface area contributed by atoms with Crippen molar-refractivity contribution in [2.45, 2.75) is 32.6 Å². The van der Waals surface area contributed by atoms with Gasteiger partial charge in [0, 0.05) is 18.2 Å². The van der Waals surface area contributed by atoms with E-state index in [1.54, 1.807) is 0 Å². The van der Waals surface area contributed by atoms with Crippen molar-refractivity contribution in [3.05, 3.63) is 59.8 Å². The van der Waals surface area contributed by atoms with E-state index in [0.717, 1.165) is 6.42 Å². The highest BCUT2D eigenvalue weighted by molar-refractivity contribution is 5.98. The maximum atomic E-state index is 13.9. The number of nitrogens with zero attached hydrogens (tertiary/aromatic N) is 6. The summed E-state index contributed by atoms with van der Waals surface area (Å²) in [5, 5.41) is 3.76. The van der Waals surface area contributed by atoms with Crippen molar-refractivity contribution >= 4 is 17.2 Å². The fourth-order valence-electron chi connectivity index (χ4n) is 2.72. The highest BCUT2D eigenvalue weighted by Crippen LogP contribution is 2.21. The number of aryl methyl sites for hydroxylation is 1. The lowest BCUT2D eigenvalue weighted by Gasteiger charge is -2.09. The lowest BCUT2D eigenvalue weighted by atomic mass is 10.0. The number of hydrogen-bond donors (Lipinski definition) is 1. The van der Waals surface area contributed by atoms with Crippen LogP contribution in [0.3, 0.4) is 0 Å². The lowest BCUT2D eigenvalue weighted by Crippen LogP contribution is -2.09. The third-order valence-electron chi connectivity index (χ3n) is 3.91. The predicted molar refractivity (Wildman–Crippen MR) is 98.1 cm³/mol. The van der Waals surface area contributed by atoms with Gasteiger partial charge in [0.2, 0.25) is 5.82 Å². The van der Waals surface area contributed by atoms with Crippen LogP contribution in [-0.4, -0.2) is 30.3 Å². The summed E-state index contributed by atoms with van der Waals surface area (Å²) < 4.78 is 41.1. The molecule has 10 heteroatoms. The summed E-state index contributed by atoms with van der Waals surface area (Å²) in [6.07, 6.45) is 4.29. The van der Waals surface area contributed by atoms with Crippen molar-refractivity contribution in [1.82, 2.24) is 24.6 Å². The zero-order chi connectivity index (χ0) is 20.1. The Labute approximate surface area is 158 Å². The smallest absolute Gasteiger partial charge is 0.299 e. The molecule has 28 heavy (non-hydrogen) atoms. The van der Waals surface area contributed by atoms with E-state index in [4.69, 9.17) is 5.73 Å². The molecular weight excluding hydrogens is 371 g/mol. The maximum absolute atomic E-state index is 13.9. The molecule has 0 aliphatic rings. The highest BCUT2D eigenvalue weighted by Gasteiger charge is 2.19. The first-order valence-electron chi connectivity index (χ1n) is 8.61. The summed E-state index contributed by atoms with van der Waals surface area (Å²) in [7, 11) is 0. The van der Waals surface area contributed by atoms with Gasteiger partial charge < -0.3 is 5.73 Å².